The van der Waals surface area contributed by atoms with Gasteiger partial charge < -0.3 is 9.47 Å². The molecule has 2 unspecified atom stereocenters. The maximum atomic E-state index is 12.3. The number of amides is 1. The second kappa shape index (κ2) is 7.17. The van der Waals surface area contributed by atoms with Gasteiger partial charge in [-0.05, 0) is 44.7 Å². The topological polar surface area (TPSA) is 59.9 Å². The van der Waals surface area contributed by atoms with Crippen LogP contribution in [-0.4, -0.2) is 23.8 Å². The Labute approximate surface area is 161 Å². The van der Waals surface area contributed by atoms with E-state index in [0.29, 0.717) is 6.61 Å². The Morgan fingerprint density at radius 1 is 1.19 bits per heavy atom. The first kappa shape index (κ1) is 18.3. The van der Waals surface area contributed by atoms with Crippen LogP contribution in [0.15, 0.2) is 17.2 Å². The van der Waals surface area contributed by atoms with Gasteiger partial charge in [0.25, 0.3) is 0 Å². The Balaban J connectivity index is 1.79. The maximum Gasteiger partial charge on any atom is 0.243 e. The number of nitrogens with zero attached hydrogens (tertiary/aromatic N) is 1. The normalized spacial score (nSPS) is 25.7. The molecule has 1 aromatic rings. The molecular formula is C22H30N2O3. The quantitative estimate of drug-likeness (QED) is 0.844. The Hall–Kier alpha value is -2.04. The fourth-order valence-corrected chi connectivity index (χ4v) is 4.92. The number of fused-ring (bicyclic) bond motifs is 2. The van der Waals surface area contributed by atoms with Gasteiger partial charge in [-0.3, -0.25) is 4.79 Å². The second-order valence-corrected chi connectivity index (χ2v) is 7.99. The monoisotopic (exact) mass is 370 g/mol. The van der Waals surface area contributed by atoms with Gasteiger partial charge in [0.2, 0.25) is 5.91 Å². The molecule has 1 N–H and O–H groups in total. The zero-order valence-corrected chi connectivity index (χ0v) is 16.6. The van der Waals surface area contributed by atoms with E-state index in [0.717, 1.165) is 73.3 Å². The van der Waals surface area contributed by atoms with Crippen LogP contribution >= 0.6 is 0 Å². The number of ether oxygens (including phenoxy) is 2. The molecule has 1 aliphatic carbocycles. The van der Waals surface area contributed by atoms with E-state index < -0.39 is 0 Å². The van der Waals surface area contributed by atoms with Gasteiger partial charge in [-0.1, -0.05) is 26.7 Å². The van der Waals surface area contributed by atoms with Crippen LogP contribution in [0.5, 0.6) is 11.5 Å². The molecule has 0 bridgehead atoms. The van der Waals surface area contributed by atoms with Crippen molar-refractivity contribution in [2.24, 2.45) is 16.9 Å². The van der Waals surface area contributed by atoms with Gasteiger partial charge in [-0.15, -0.1) is 0 Å². The minimum atomic E-state index is -0.172. The van der Waals surface area contributed by atoms with Gasteiger partial charge in [0, 0.05) is 29.4 Å². The second-order valence-electron chi connectivity index (χ2n) is 7.99. The van der Waals surface area contributed by atoms with Crippen molar-refractivity contribution in [3.8, 4) is 11.5 Å². The van der Waals surface area contributed by atoms with Crippen molar-refractivity contribution in [1.82, 2.24) is 5.43 Å². The summed E-state index contributed by atoms with van der Waals surface area (Å²) in [6.45, 7) is 7.02. The number of hydrogen-bond donors (Lipinski definition) is 1. The zero-order chi connectivity index (χ0) is 19.0. The van der Waals surface area contributed by atoms with E-state index in [2.05, 4.69) is 36.5 Å². The Morgan fingerprint density at radius 3 is 2.63 bits per heavy atom. The van der Waals surface area contributed by atoms with Crippen molar-refractivity contribution in [2.45, 2.75) is 71.3 Å². The van der Waals surface area contributed by atoms with Crippen LogP contribution in [0.3, 0.4) is 0 Å². The Bertz CT molecular complexity index is 767. The summed E-state index contributed by atoms with van der Waals surface area (Å²) in [7, 11) is 0. The molecule has 4 rings (SSSR count). The van der Waals surface area contributed by atoms with Crippen LogP contribution in [0.2, 0.25) is 0 Å². The minimum absolute atomic E-state index is 0.0389. The maximum absolute atomic E-state index is 12.3. The highest BCUT2D eigenvalue weighted by molar-refractivity contribution is 6.09. The van der Waals surface area contributed by atoms with Gasteiger partial charge in [0.15, 0.2) is 0 Å². The van der Waals surface area contributed by atoms with E-state index in [4.69, 9.17) is 9.47 Å². The first-order valence-electron chi connectivity index (χ1n) is 10.5. The molecule has 5 heteroatoms. The van der Waals surface area contributed by atoms with Crippen molar-refractivity contribution in [1.29, 1.82) is 0 Å². The fourth-order valence-electron chi connectivity index (χ4n) is 4.92. The summed E-state index contributed by atoms with van der Waals surface area (Å²) < 4.78 is 12.5. The molecule has 0 aromatic heterocycles. The molecule has 146 valence electrons. The fraction of sp³-hybridized carbons (Fsp3) is 0.636. The number of nitrogens with one attached hydrogen (secondary N) is 1. The Morgan fingerprint density at radius 2 is 1.93 bits per heavy atom. The molecule has 1 aromatic carbocycles. The van der Waals surface area contributed by atoms with E-state index in [1.165, 1.54) is 0 Å². The number of hydrogen-bond acceptors (Lipinski definition) is 4. The van der Waals surface area contributed by atoms with Crippen molar-refractivity contribution >= 4 is 11.6 Å². The van der Waals surface area contributed by atoms with Crippen LogP contribution in [0, 0.1) is 11.8 Å². The highest BCUT2D eigenvalue weighted by atomic mass is 16.5. The summed E-state index contributed by atoms with van der Waals surface area (Å²) in [4.78, 5) is 12.3. The van der Waals surface area contributed by atoms with Crippen LogP contribution in [0.25, 0.3) is 0 Å². The highest BCUT2D eigenvalue weighted by Crippen LogP contribution is 2.47. The third-order valence-corrected chi connectivity index (χ3v) is 6.64. The number of carbonyl (C=O) groups excluding carboxylic acids is 1. The van der Waals surface area contributed by atoms with E-state index in [1.807, 2.05) is 6.92 Å². The predicted molar refractivity (Wildman–Crippen MR) is 105 cm³/mol. The molecule has 0 saturated heterocycles. The van der Waals surface area contributed by atoms with Crippen LogP contribution < -0.4 is 14.9 Å². The van der Waals surface area contributed by atoms with Gasteiger partial charge in [-0.25, -0.2) is 5.43 Å². The average molecular weight is 370 g/mol. The third kappa shape index (κ3) is 3.01. The summed E-state index contributed by atoms with van der Waals surface area (Å²) in [5.41, 5.74) is 5.78. The van der Waals surface area contributed by atoms with Gasteiger partial charge >= 0.3 is 0 Å². The summed E-state index contributed by atoms with van der Waals surface area (Å²) >= 11 is 0. The first-order chi connectivity index (χ1) is 13.1. The summed E-state index contributed by atoms with van der Waals surface area (Å²) in [6.07, 6.45) is 7.02. The smallest absolute Gasteiger partial charge is 0.243 e. The number of benzene rings is 1. The molecule has 1 fully saturated rings. The van der Waals surface area contributed by atoms with E-state index >= 15 is 0 Å². The lowest BCUT2D eigenvalue weighted by atomic mass is 9.73. The van der Waals surface area contributed by atoms with Gasteiger partial charge in [0.1, 0.15) is 17.1 Å². The van der Waals surface area contributed by atoms with Crippen LogP contribution in [-0.2, 0) is 11.2 Å². The zero-order valence-electron chi connectivity index (χ0n) is 16.6. The highest BCUT2D eigenvalue weighted by Gasteiger charge is 2.43. The molecular weight excluding hydrogens is 340 g/mol. The number of hydrazone groups is 1. The molecule has 2 heterocycles. The molecule has 2 aliphatic heterocycles. The third-order valence-electron chi connectivity index (χ3n) is 6.64. The minimum Gasteiger partial charge on any atom is -0.493 e. The Kier molecular flexibility index (Phi) is 4.87. The van der Waals surface area contributed by atoms with Crippen molar-refractivity contribution in [3.05, 3.63) is 23.3 Å². The van der Waals surface area contributed by atoms with Crippen molar-refractivity contribution < 1.29 is 14.3 Å². The summed E-state index contributed by atoms with van der Waals surface area (Å²) in [6, 6.07) is 4.13. The molecule has 5 nitrogen and oxygen atoms in total. The molecule has 1 saturated carbocycles. The van der Waals surface area contributed by atoms with E-state index in [-0.39, 0.29) is 23.3 Å². The van der Waals surface area contributed by atoms with Crippen LogP contribution in [0.1, 0.15) is 70.4 Å². The van der Waals surface area contributed by atoms with Crippen LogP contribution in [0.4, 0.5) is 0 Å². The molecule has 0 spiro atoms. The molecule has 2 atom stereocenters. The standard InChI is InChI=1S/C22H30N2O3/c1-4-22(5-2)13-17-18(26-6-3)12-11-16(20(17)27-22)19-14-9-7-8-10-15(14)21(25)24-23-19/h11-12,14-15H,4-10,13H2,1-3H3,(H,24,25). The van der Waals surface area contributed by atoms with Gasteiger partial charge in [0.05, 0.1) is 12.3 Å². The van der Waals surface area contributed by atoms with Gasteiger partial charge in [-0.2, -0.15) is 5.10 Å². The lowest BCUT2D eigenvalue weighted by molar-refractivity contribution is -0.127. The average Bonchev–Trinajstić information content (AvgIpc) is 3.10. The largest absolute Gasteiger partial charge is 0.493 e. The molecule has 3 aliphatic rings. The lowest BCUT2D eigenvalue weighted by Gasteiger charge is -2.35. The summed E-state index contributed by atoms with van der Waals surface area (Å²) in [5.74, 6) is 2.14. The number of carbonyl (C=O) groups is 1. The van der Waals surface area contributed by atoms with E-state index in [9.17, 15) is 4.79 Å². The van der Waals surface area contributed by atoms with Crippen molar-refractivity contribution in [3.63, 3.8) is 0 Å². The van der Waals surface area contributed by atoms with E-state index in [1.54, 1.807) is 0 Å². The lowest BCUT2D eigenvalue weighted by Crippen LogP contribution is -2.43. The number of rotatable bonds is 5. The SMILES string of the molecule is CCOc1ccc(C2=NNC(=O)C3CCCCC23)c2c1CC(CC)(CC)O2. The molecule has 27 heavy (non-hydrogen) atoms. The van der Waals surface area contributed by atoms with Crippen molar-refractivity contribution in [2.75, 3.05) is 6.61 Å². The summed E-state index contributed by atoms with van der Waals surface area (Å²) in [5, 5.41) is 4.51. The molecule has 0 radical (unpaired) electrons. The first-order valence-corrected chi connectivity index (χ1v) is 10.5. The molecule has 1 amide bonds. The predicted octanol–water partition coefficient (Wildman–Crippen LogP) is 4.22.